The molecule has 20 heavy (non-hydrogen) atoms. The van der Waals surface area contributed by atoms with Crippen LogP contribution < -0.4 is 5.73 Å². The summed E-state index contributed by atoms with van der Waals surface area (Å²) in [4.78, 5) is -0.691. The third-order valence-electron chi connectivity index (χ3n) is 2.98. The number of halogens is 4. The van der Waals surface area contributed by atoms with E-state index in [0.29, 0.717) is 12.1 Å². The van der Waals surface area contributed by atoms with E-state index in [1.807, 2.05) is 0 Å². The second-order valence-electron chi connectivity index (χ2n) is 4.98. The number of alkyl halides is 3. The molecule has 0 heterocycles. The Labute approximate surface area is 114 Å². The lowest BCUT2D eigenvalue weighted by atomic mass is 10.1. The largest absolute Gasteiger partial charge is 0.416 e. The highest BCUT2D eigenvalue weighted by molar-refractivity contribution is 7.92. The van der Waals surface area contributed by atoms with Gasteiger partial charge in [0.05, 0.1) is 15.2 Å². The summed E-state index contributed by atoms with van der Waals surface area (Å²) in [6, 6.07) is 1.29. The third-order valence-corrected chi connectivity index (χ3v) is 5.50. The van der Waals surface area contributed by atoms with Gasteiger partial charge in [-0.05, 0) is 45.0 Å². The zero-order chi connectivity index (χ0) is 15.8. The second-order valence-corrected chi connectivity index (χ2v) is 7.56. The molecule has 0 fully saturated rings. The van der Waals surface area contributed by atoms with E-state index in [9.17, 15) is 26.0 Å². The van der Waals surface area contributed by atoms with E-state index in [1.165, 1.54) is 13.8 Å². The molecule has 0 unspecified atom stereocenters. The monoisotopic (exact) mass is 313 g/mol. The maximum Gasteiger partial charge on any atom is 0.416 e. The van der Waals surface area contributed by atoms with Crippen molar-refractivity contribution in [3.63, 3.8) is 0 Å². The minimum Gasteiger partial charge on any atom is -0.330 e. The lowest BCUT2D eigenvalue weighted by Gasteiger charge is -2.24. The van der Waals surface area contributed by atoms with Crippen LogP contribution in [0.2, 0.25) is 0 Å². The van der Waals surface area contributed by atoms with Gasteiger partial charge in [-0.3, -0.25) is 0 Å². The number of sulfone groups is 1. The van der Waals surface area contributed by atoms with Crippen LogP contribution in [0.15, 0.2) is 23.1 Å². The van der Waals surface area contributed by atoms with Crippen LogP contribution in [0.5, 0.6) is 0 Å². The molecule has 0 atom stereocenters. The van der Waals surface area contributed by atoms with Crippen LogP contribution in [0.3, 0.4) is 0 Å². The number of nitrogens with two attached hydrogens (primary N) is 1. The van der Waals surface area contributed by atoms with E-state index in [1.54, 1.807) is 0 Å². The fraction of sp³-hybridized carbons (Fsp3) is 0.500. The predicted octanol–water partition coefficient (Wildman–Crippen LogP) is 2.75. The molecule has 1 aromatic carbocycles. The first-order chi connectivity index (χ1) is 8.91. The van der Waals surface area contributed by atoms with Gasteiger partial charge in [0.25, 0.3) is 0 Å². The Kier molecular flexibility index (Phi) is 4.50. The Morgan fingerprint density at radius 2 is 1.70 bits per heavy atom. The van der Waals surface area contributed by atoms with Gasteiger partial charge in [0.15, 0.2) is 9.84 Å². The van der Waals surface area contributed by atoms with Gasteiger partial charge in [0, 0.05) is 0 Å². The average Bonchev–Trinajstić information content (AvgIpc) is 2.26. The lowest BCUT2D eigenvalue weighted by molar-refractivity contribution is -0.137. The number of hydrogen-bond acceptors (Lipinski definition) is 3. The van der Waals surface area contributed by atoms with Crippen LogP contribution in [0.1, 0.15) is 25.8 Å². The van der Waals surface area contributed by atoms with E-state index in [-0.39, 0.29) is 19.0 Å². The molecule has 0 saturated carbocycles. The number of rotatable bonds is 4. The third kappa shape index (κ3) is 3.29. The topological polar surface area (TPSA) is 60.2 Å². The standard InChI is InChI=1S/C12H15F4NO2S/c1-11(2,3-4-17)20(18,19)10-6-8(12(14,15)16)5-9(13)7-10/h5-7H,3-4,17H2,1-2H3. The van der Waals surface area contributed by atoms with Gasteiger partial charge in [0.1, 0.15) is 5.82 Å². The smallest absolute Gasteiger partial charge is 0.330 e. The van der Waals surface area contributed by atoms with Crippen LogP contribution >= 0.6 is 0 Å². The summed E-state index contributed by atoms with van der Waals surface area (Å²) < 4.78 is 74.3. The molecule has 8 heteroatoms. The van der Waals surface area contributed by atoms with Gasteiger partial charge in [-0.15, -0.1) is 0 Å². The summed E-state index contributed by atoms with van der Waals surface area (Å²) in [5.41, 5.74) is 3.97. The molecule has 0 spiro atoms. The number of hydrogen-bond donors (Lipinski definition) is 1. The molecule has 114 valence electrons. The molecule has 1 rings (SSSR count). The zero-order valence-electron chi connectivity index (χ0n) is 11.0. The molecule has 0 bridgehead atoms. The molecule has 0 aliphatic rings. The Balaban J connectivity index is 3.44. The molecule has 2 N–H and O–H groups in total. The van der Waals surface area contributed by atoms with Crippen molar-refractivity contribution in [2.75, 3.05) is 6.54 Å². The van der Waals surface area contributed by atoms with E-state index in [4.69, 9.17) is 5.73 Å². The molecule has 0 aromatic heterocycles. The van der Waals surface area contributed by atoms with Crippen molar-refractivity contribution in [2.45, 2.75) is 36.1 Å². The van der Waals surface area contributed by atoms with Crippen molar-refractivity contribution < 1.29 is 26.0 Å². The van der Waals surface area contributed by atoms with Crippen molar-refractivity contribution in [1.29, 1.82) is 0 Å². The first-order valence-electron chi connectivity index (χ1n) is 5.74. The van der Waals surface area contributed by atoms with E-state index >= 15 is 0 Å². The van der Waals surface area contributed by atoms with Gasteiger partial charge in [-0.25, -0.2) is 12.8 Å². The van der Waals surface area contributed by atoms with Crippen LogP contribution in [0, 0.1) is 5.82 Å². The van der Waals surface area contributed by atoms with Gasteiger partial charge in [-0.2, -0.15) is 13.2 Å². The lowest BCUT2D eigenvalue weighted by Crippen LogP contribution is -2.34. The molecular formula is C12H15F4NO2S. The molecule has 1 aromatic rings. The summed E-state index contributed by atoms with van der Waals surface area (Å²) >= 11 is 0. The minimum atomic E-state index is -4.82. The van der Waals surface area contributed by atoms with Gasteiger partial charge in [0.2, 0.25) is 0 Å². The van der Waals surface area contributed by atoms with Crippen molar-refractivity contribution >= 4 is 9.84 Å². The second kappa shape index (κ2) is 5.33. The summed E-state index contributed by atoms with van der Waals surface area (Å²) in [5, 5.41) is 0. The Hall–Kier alpha value is -1.15. The minimum absolute atomic E-state index is 0.0488. The zero-order valence-corrected chi connectivity index (χ0v) is 11.8. The highest BCUT2D eigenvalue weighted by Gasteiger charge is 2.38. The van der Waals surface area contributed by atoms with Crippen molar-refractivity contribution in [3.8, 4) is 0 Å². The Bertz CT molecular complexity index is 594. The summed E-state index contributed by atoms with van der Waals surface area (Å²) in [6.45, 7) is 2.73. The predicted molar refractivity (Wildman–Crippen MR) is 66.3 cm³/mol. The van der Waals surface area contributed by atoms with Crippen molar-refractivity contribution in [1.82, 2.24) is 0 Å². The van der Waals surface area contributed by atoms with E-state index in [0.717, 1.165) is 0 Å². The maximum atomic E-state index is 13.3. The normalized spacial score (nSPS) is 13.6. The van der Waals surface area contributed by atoms with Crippen molar-refractivity contribution in [3.05, 3.63) is 29.6 Å². The fourth-order valence-electron chi connectivity index (χ4n) is 1.68. The molecular weight excluding hydrogens is 298 g/mol. The van der Waals surface area contributed by atoms with Crippen LogP contribution in [-0.2, 0) is 16.0 Å². The first-order valence-corrected chi connectivity index (χ1v) is 7.22. The Morgan fingerprint density at radius 1 is 1.15 bits per heavy atom. The summed E-state index contributed by atoms with van der Waals surface area (Å²) in [7, 11) is -4.13. The fourth-order valence-corrected chi connectivity index (χ4v) is 3.26. The molecule has 0 aliphatic heterocycles. The molecule has 3 nitrogen and oxygen atoms in total. The average molecular weight is 313 g/mol. The quantitative estimate of drug-likeness (QED) is 0.870. The highest BCUT2D eigenvalue weighted by Crippen LogP contribution is 2.34. The SMILES string of the molecule is CC(C)(CCN)S(=O)(=O)c1cc(F)cc(C(F)(F)F)c1. The van der Waals surface area contributed by atoms with E-state index in [2.05, 4.69) is 0 Å². The highest BCUT2D eigenvalue weighted by atomic mass is 32.2. The van der Waals surface area contributed by atoms with Crippen LogP contribution in [0.25, 0.3) is 0 Å². The van der Waals surface area contributed by atoms with Gasteiger partial charge in [-0.1, -0.05) is 0 Å². The molecule has 0 aliphatic carbocycles. The van der Waals surface area contributed by atoms with E-state index < -0.39 is 37.0 Å². The number of benzene rings is 1. The van der Waals surface area contributed by atoms with Gasteiger partial charge >= 0.3 is 6.18 Å². The summed E-state index contributed by atoms with van der Waals surface area (Å²) in [5.74, 6) is -1.25. The molecule has 0 amide bonds. The maximum absolute atomic E-state index is 13.3. The summed E-state index contributed by atoms with van der Waals surface area (Å²) in [6.07, 6.45) is -4.77. The molecule has 0 radical (unpaired) electrons. The van der Waals surface area contributed by atoms with Crippen LogP contribution in [0.4, 0.5) is 17.6 Å². The molecule has 0 saturated heterocycles. The van der Waals surface area contributed by atoms with Crippen molar-refractivity contribution in [2.24, 2.45) is 5.73 Å². The first kappa shape index (κ1) is 16.9. The van der Waals surface area contributed by atoms with Gasteiger partial charge < -0.3 is 5.73 Å². The Morgan fingerprint density at radius 3 is 2.15 bits per heavy atom. The van der Waals surface area contributed by atoms with Crippen LogP contribution in [-0.4, -0.2) is 19.7 Å².